The normalized spacial score (nSPS) is 11.9. The second kappa shape index (κ2) is 5.35. The molecule has 0 fully saturated rings. The standard InChI is InChI=1S/C10H11FN2O4/c1-6(14)5-12-10(15)8-4-7(11)2-3-9(8)13(16)17/h2-4,6,14H,5H2,1H3,(H,12,15). The fraction of sp³-hybridized carbons (Fsp3) is 0.300. The van der Waals surface area contributed by atoms with Gasteiger partial charge in [0.05, 0.1) is 11.0 Å². The Balaban J connectivity index is 2.98. The number of carbonyl (C=O) groups excluding carboxylic acids is 1. The van der Waals surface area contributed by atoms with Gasteiger partial charge in [0.2, 0.25) is 0 Å². The van der Waals surface area contributed by atoms with Crippen molar-refractivity contribution in [3.63, 3.8) is 0 Å². The monoisotopic (exact) mass is 242 g/mol. The second-order valence-electron chi connectivity index (χ2n) is 3.48. The summed E-state index contributed by atoms with van der Waals surface area (Å²) in [6, 6.07) is 2.62. The summed E-state index contributed by atoms with van der Waals surface area (Å²) in [5.41, 5.74) is -0.842. The molecular formula is C10H11FN2O4. The molecule has 0 spiro atoms. The van der Waals surface area contributed by atoms with Gasteiger partial charge in [-0.3, -0.25) is 14.9 Å². The predicted octanol–water partition coefficient (Wildman–Crippen LogP) is 0.845. The van der Waals surface area contributed by atoms with E-state index in [9.17, 15) is 19.3 Å². The maximum atomic E-state index is 12.9. The molecule has 0 aliphatic rings. The molecular weight excluding hydrogens is 231 g/mol. The Morgan fingerprint density at radius 1 is 1.65 bits per heavy atom. The van der Waals surface area contributed by atoms with E-state index >= 15 is 0 Å². The van der Waals surface area contributed by atoms with Crippen LogP contribution < -0.4 is 5.32 Å². The molecule has 1 aromatic carbocycles. The number of aliphatic hydroxyl groups excluding tert-OH is 1. The van der Waals surface area contributed by atoms with E-state index in [0.717, 1.165) is 18.2 Å². The lowest BCUT2D eigenvalue weighted by atomic mass is 10.1. The van der Waals surface area contributed by atoms with Crippen molar-refractivity contribution >= 4 is 11.6 Å². The summed E-state index contributed by atoms with van der Waals surface area (Å²) in [7, 11) is 0. The number of hydrogen-bond acceptors (Lipinski definition) is 4. The van der Waals surface area contributed by atoms with Gasteiger partial charge >= 0.3 is 0 Å². The summed E-state index contributed by atoms with van der Waals surface area (Å²) in [4.78, 5) is 21.4. The number of nitro benzene ring substituents is 1. The van der Waals surface area contributed by atoms with Crippen LogP contribution in [-0.4, -0.2) is 28.6 Å². The first-order valence-corrected chi connectivity index (χ1v) is 4.82. The van der Waals surface area contributed by atoms with Crippen molar-refractivity contribution in [2.45, 2.75) is 13.0 Å². The first-order valence-electron chi connectivity index (χ1n) is 4.82. The first-order chi connectivity index (χ1) is 7.91. The molecule has 1 unspecified atom stereocenters. The number of benzene rings is 1. The molecule has 1 amide bonds. The average Bonchev–Trinajstić information content (AvgIpc) is 2.25. The van der Waals surface area contributed by atoms with Crippen molar-refractivity contribution in [3.8, 4) is 0 Å². The minimum atomic E-state index is -0.794. The van der Waals surface area contributed by atoms with Gasteiger partial charge in [0, 0.05) is 12.6 Å². The third-order valence-corrected chi connectivity index (χ3v) is 1.96. The Morgan fingerprint density at radius 2 is 2.29 bits per heavy atom. The second-order valence-corrected chi connectivity index (χ2v) is 3.48. The Bertz CT molecular complexity index is 448. The molecule has 1 rings (SSSR count). The van der Waals surface area contributed by atoms with Gasteiger partial charge in [-0.2, -0.15) is 0 Å². The van der Waals surface area contributed by atoms with Crippen LogP contribution in [0.25, 0.3) is 0 Å². The molecule has 0 aromatic heterocycles. The summed E-state index contributed by atoms with van der Waals surface area (Å²) in [5, 5.41) is 21.8. The van der Waals surface area contributed by atoms with Crippen LogP contribution in [0.2, 0.25) is 0 Å². The quantitative estimate of drug-likeness (QED) is 0.604. The van der Waals surface area contributed by atoms with Crippen molar-refractivity contribution in [1.29, 1.82) is 0 Å². The molecule has 1 atom stereocenters. The third kappa shape index (κ3) is 3.49. The highest BCUT2D eigenvalue weighted by Gasteiger charge is 2.20. The highest BCUT2D eigenvalue weighted by atomic mass is 19.1. The van der Waals surface area contributed by atoms with Gasteiger partial charge in [0.25, 0.3) is 11.6 Å². The number of carbonyl (C=O) groups is 1. The van der Waals surface area contributed by atoms with Gasteiger partial charge in [-0.05, 0) is 19.1 Å². The van der Waals surface area contributed by atoms with Crippen molar-refractivity contribution in [2.24, 2.45) is 0 Å². The highest BCUT2D eigenvalue weighted by molar-refractivity contribution is 5.98. The Hall–Kier alpha value is -2.02. The van der Waals surface area contributed by atoms with E-state index < -0.39 is 28.4 Å². The Morgan fingerprint density at radius 3 is 2.82 bits per heavy atom. The molecule has 2 N–H and O–H groups in total. The maximum absolute atomic E-state index is 12.9. The first kappa shape index (κ1) is 13.0. The van der Waals surface area contributed by atoms with Crippen molar-refractivity contribution < 1.29 is 19.2 Å². The molecule has 0 saturated heterocycles. The highest BCUT2D eigenvalue weighted by Crippen LogP contribution is 2.19. The lowest BCUT2D eigenvalue weighted by molar-refractivity contribution is -0.385. The number of halogens is 1. The molecule has 0 aliphatic heterocycles. The maximum Gasteiger partial charge on any atom is 0.282 e. The van der Waals surface area contributed by atoms with Gasteiger partial charge in [-0.25, -0.2) is 4.39 Å². The lowest BCUT2D eigenvalue weighted by Gasteiger charge is -2.07. The van der Waals surface area contributed by atoms with Gasteiger partial charge in [0.1, 0.15) is 11.4 Å². The number of nitrogens with one attached hydrogen (secondary N) is 1. The number of nitrogens with zero attached hydrogens (tertiary/aromatic N) is 1. The van der Waals surface area contributed by atoms with Crippen LogP contribution in [0, 0.1) is 15.9 Å². The summed E-state index contributed by atoms with van der Waals surface area (Å²) in [6.07, 6.45) is -0.786. The molecule has 92 valence electrons. The summed E-state index contributed by atoms with van der Waals surface area (Å²) in [6.45, 7) is 1.38. The van der Waals surface area contributed by atoms with Crippen molar-refractivity contribution in [2.75, 3.05) is 6.54 Å². The largest absolute Gasteiger partial charge is 0.392 e. The third-order valence-electron chi connectivity index (χ3n) is 1.96. The molecule has 6 nitrogen and oxygen atoms in total. The molecule has 0 radical (unpaired) electrons. The molecule has 1 aromatic rings. The number of rotatable bonds is 4. The fourth-order valence-electron chi connectivity index (χ4n) is 1.18. The van der Waals surface area contributed by atoms with Gasteiger partial charge in [-0.15, -0.1) is 0 Å². The van der Waals surface area contributed by atoms with Crippen LogP contribution in [0.4, 0.5) is 10.1 Å². The number of aliphatic hydroxyl groups is 1. The Labute approximate surface area is 96.2 Å². The van der Waals surface area contributed by atoms with Crippen LogP contribution in [0.1, 0.15) is 17.3 Å². The average molecular weight is 242 g/mol. The van der Waals surface area contributed by atoms with Crippen LogP contribution in [-0.2, 0) is 0 Å². The van der Waals surface area contributed by atoms with E-state index in [1.165, 1.54) is 6.92 Å². The molecule has 17 heavy (non-hydrogen) atoms. The number of hydrogen-bond donors (Lipinski definition) is 2. The van der Waals surface area contributed by atoms with E-state index in [1.807, 2.05) is 0 Å². The minimum Gasteiger partial charge on any atom is -0.392 e. The van der Waals surface area contributed by atoms with E-state index in [0.29, 0.717) is 0 Å². The molecule has 0 saturated carbocycles. The molecule has 0 aliphatic carbocycles. The van der Waals surface area contributed by atoms with Crippen molar-refractivity contribution in [3.05, 3.63) is 39.7 Å². The summed E-state index contributed by atoms with van der Waals surface area (Å²) < 4.78 is 12.9. The van der Waals surface area contributed by atoms with Crippen LogP contribution in [0.3, 0.4) is 0 Å². The van der Waals surface area contributed by atoms with Crippen LogP contribution in [0.15, 0.2) is 18.2 Å². The molecule has 0 bridgehead atoms. The van der Waals surface area contributed by atoms with Gasteiger partial charge < -0.3 is 10.4 Å². The van der Waals surface area contributed by atoms with Crippen LogP contribution >= 0.6 is 0 Å². The summed E-state index contributed by atoms with van der Waals surface area (Å²) >= 11 is 0. The topological polar surface area (TPSA) is 92.5 Å². The van der Waals surface area contributed by atoms with E-state index in [-0.39, 0.29) is 12.1 Å². The summed E-state index contributed by atoms with van der Waals surface area (Å²) in [5.74, 6) is -1.53. The zero-order chi connectivity index (χ0) is 13.0. The fourth-order valence-corrected chi connectivity index (χ4v) is 1.18. The zero-order valence-corrected chi connectivity index (χ0v) is 9.01. The number of nitro groups is 1. The molecule has 7 heteroatoms. The Kier molecular flexibility index (Phi) is 4.11. The smallest absolute Gasteiger partial charge is 0.282 e. The van der Waals surface area contributed by atoms with E-state index in [4.69, 9.17) is 5.11 Å². The lowest BCUT2D eigenvalue weighted by Crippen LogP contribution is -2.31. The van der Waals surface area contributed by atoms with Gasteiger partial charge in [0.15, 0.2) is 0 Å². The van der Waals surface area contributed by atoms with Gasteiger partial charge in [-0.1, -0.05) is 0 Å². The molecule has 0 heterocycles. The predicted molar refractivity (Wildman–Crippen MR) is 57.1 cm³/mol. The number of amides is 1. The SMILES string of the molecule is CC(O)CNC(=O)c1cc(F)ccc1[N+](=O)[O-]. The van der Waals surface area contributed by atoms with Crippen molar-refractivity contribution in [1.82, 2.24) is 5.32 Å². The van der Waals surface area contributed by atoms with E-state index in [2.05, 4.69) is 5.32 Å². The zero-order valence-electron chi connectivity index (χ0n) is 9.01. The van der Waals surface area contributed by atoms with Crippen LogP contribution in [0.5, 0.6) is 0 Å². The van der Waals surface area contributed by atoms with E-state index in [1.54, 1.807) is 0 Å². The minimum absolute atomic E-state index is 0.0630.